The zero-order valence-corrected chi connectivity index (χ0v) is 25.2. The number of ether oxygens (including phenoxy) is 3. The molecule has 2 amide bonds. The zero-order chi connectivity index (χ0) is 31.5. The molecule has 0 fully saturated rings. The molecule has 4 aromatic rings. The highest BCUT2D eigenvalue weighted by molar-refractivity contribution is 7.92. The Bertz CT molecular complexity index is 1690. The van der Waals surface area contributed by atoms with Gasteiger partial charge in [-0.25, -0.2) is 13.8 Å². The summed E-state index contributed by atoms with van der Waals surface area (Å²) in [6, 6.07) is 21.1. The lowest BCUT2D eigenvalue weighted by molar-refractivity contribution is -0.123. The van der Waals surface area contributed by atoms with Gasteiger partial charge in [-0.05, 0) is 73.2 Å². The summed E-state index contributed by atoms with van der Waals surface area (Å²) >= 11 is 0. The molecule has 3 aromatic carbocycles. The third-order valence-corrected chi connectivity index (χ3v) is 8.01. The fraction of sp³-hybridized carbons (Fsp3) is 0.194. The molecule has 0 aliphatic carbocycles. The lowest BCUT2D eigenvalue weighted by atomic mass is 10.2. The van der Waals surface area contributed by atoms with Crippen molar-refractivity contribution in [3.05, 3.63) is 102 Å². The molecular formula is C31H32N4O8S. The number of benzene rings is 3. The van der Waals surface area contributed by atoms with E-state index in [-0.39, 0.29) is 29.7 Å². The maximum Gasteiger partial charge on any atom is 0.264 e. The lowest BCUT2D eigenvalue weighted by Crippen LogP contribution is -2.39. The summed E-state index contributed by atoms with van der Waals surface area (Å²) in [5.74, 6) is 0.738. The van der Waals surface area contributed by atoms with Gasteiger partial charge >= 0.3 is 0 Å². The Hall–Kier alpha value is -5.30. The van der Waals surface area contributed by atoms with E-state index in [4.69, 9.17) is 18.6 Å². The number of carbonyl (C=O) groups is 2. The van der Waals surface area contributed by atoms with Crippen molar-refractivity contribution in [2.45, 2.75) is 18.4 Å². The van der Waals surface area contributed by atoms with Crippen LogP contribution >= 0.6 is 0 Å². The molecule has 0 aliphatic rings. The summed E-state index contributed by atoms with van der Waals surface area (Å²) < 4.78 is 49.5. The molecule has 44 heavy (non-hydrogen) atoms. The highest BCUT2D eigenvalue weighted by Crippen LogP contribution is 2.32. The van der Waals surface area contributed by atoms with Gasteiger partial charge in [0.25, 0.3) is 21.8 Å². The first-order valence-corrected chi connectivity index (χ1v) is 14.8. The van der Waals surface area contributed by atoms with E-state index in [0.717, 1.165) is 9.87 Å². The number of nitrogens with zero attached hydrogens (tertiary/aromatic N) is 2. The molecule has 1 aromatic heterocycles. The van der Waals surface area contributed by atoms with Crippen LogP contribution < -0.4 is 29.3 Å². The van der Waals surface area contributed by atoms with Crippen LogP contribution in [0.25, 0.3) is 0 Å². The van der Waals surface area contributed by atoms with Crippen LogP contribution in [0.1, 0.15) is 16.9 Å². The third kappa shape index (κ3) is 8.38. The van der Waals surface area contributed by atoms with Crippen LogP contribution in [-0.4, -0.2) is 53.8 Å². The van der Waals surface area contributed by atoms with Crippen LogP contribution in [-0.2, 0) is 26.2 Å². The van der Waals surface area contributed by atoms with Gasteiger partial charge in [-0.2, -0.15) is 5.10 Å². The Balaban J connectivity index is 1.37. The Morgan fingerprint density at radius 1 is 0.932 bits per heavy atom. The van der Waals surface area contributed by atoms with Crippen LogP contribution in [0.4, 0.5) is 5.69 Å². The molecule has 12 nitrogen and oxygen atoms in total. The number of hydrogen-bond donors (Lipinski definition) is 2. The summed E-state index contributed by atoms with van der Waals surface area (Å²) in [6.45, 7) is 1.43. The number of nitrogens with one attached hydrogen (secondary N) is 2. The predicted octanol–water partition coefficient (Wildman–Crippen LogP) is 3.65. The second-order valence-corrected chi connectivity index (χ2v) is 11.2. The Labute approximate surface area is 255 Å². The third-order valence-electron chi connectivity index (χ3n) is 6.24. The number of furan rings is 1. The first-order chi connectivity index (χ1) is 21.2. The molecule has 0 bridgehead atoms. The van der Waals surface area contributed by atoms with E-state index < -0.39 is 22.5 Å². The van der Waals surface area contributed by atoms with Gasteiger partial charge in [0.05, 0.1) is 43.8 Å². The Morgan fingerprint density at radius 3 is 2.32 bits per heavy atom. The topological polar surface area (TPSA) is 149 Å². The van der Waals surface area contributed by atoms with E-state index in [1.807, 2.05) is 6.92 Å². The van der Waals surface area contributed by atoms with Gasteiger partial charge in [-0.15, -0.1) is 0 Å². The van der Waals surface area contributed by atoms with Gasteiger partial charge in [-0.3, -0.25) is 13.9 Å². The normalized spacial score (nSPS) is 11.2. The molecule has 0 atom stereocenters. The Kier molecular flexibility index (Phi) is 10.6. The first-order valence-electron chi connectivity index (χ1n) is 13.3. The first kappa shape index (κ1) is 31.6. The van der Waals surface area contributed by atoms with Crippen LogP contribution in [0.2, 0.25) is 0 Å². The van der Waals surface area contributed by atoms with Crippen LogP contribution in [0.3, 0.4) is 0 Å². The maximum atomic E-state index is 13.7. The number of hydrazone groups is 1. The monoisotopic (exact) mass is 620 g/mol. The van der Waals surface area contributed by atoms with Crippen molar-refractivity contribution in [2.24, 2.45) is 5.10 Å². The van der Waals surface area contributed by atoms with Crippen molar-refractivity contribution in [3.8, 4) is 17.2 Å². The van der Waals surface area contributed by atoms with E-state index in [9.17, 15) is 18.0 Å². The van der Waals surface area contributed by atoms with E-state index in [0.29, 0.717) is 28.5 Å². The van der Waals surface area contributed by atoms with E-state index in [2.05, 4.69) is 15.8 Å². The molecule has 0 saturated carbocycles. The standard InChI is InChI=1S/C31H32N4O8S/c1-22-6-10-24(11-7-22)35(44(38,39)27-14-15-28(40-2)29(17-27)41-3)20-30(36)34-33-18-23-8-12-25(13-9-23)43-21-31(37)32-19-26-5-4-16-42-26/h4-18H,19-21H2,1-3H3,(H,32,37)(H,34,36)/b33-18-. The highest BCUT2D eigenvalue weighted by atomic mass is 32.2. The van der Waals surface area contributed by atoms with Crippen LogP contribution in [0.5, 0.6) is 17.2 Å². The zero-order valence-electron chi connectivity index (χ0n) is 24.4. The highest BCUT2D eigenvalue weighted by Gasteiger charge is 2.28. The number of rotatable bonds is 14. The fourth-order valence-electron chi connectivity index (χ4n) is 3.92. The SMILES string of the molecule is COc1ccc(S(=O)(=O)N(CC(=O)N/N=C\c2ccc(OCC(=O)NCc3ccco3)cc2)c2ccc(C)cc2)cc1OC. The van der Waals surface area contributed by atoms with E-state index in [1.165, 1.54) is 44.9 Å². The molecule has 1 heterocycles. The van der Waals surface area contributed by atoms with Crippen molar-refractivity contribution in [1.29, 1.82) is 0 Å². The number of hydrogen-bond acceptors (Lipinski definition) is 9. The molecule has 2 N–H and O–H groups in total. The van der Waals surface area contributed by atoms with Gasteiger partial charge in [-0.1, -0.05) is 17.7 Å². The molecule has 13 heteroatoms. The predicted molar refractivity (Wildman–Crippen MR) is 163 cm³/mol. The number of amides is 2. The Morgan fingerprint density at radius 2 is 1.66 bits per heavy atom. The molecule has 0 unspecified atom stereocenters. The number of anilines is 1. The summed E-state index contributed by atoms with van der Waals surface area (Å²) in [4.78, 5) is 24.8. The lowest BCUT2D eigenvalue weighted by Gasteiger charge is -2.24. The molecule has 0 spiro atoms. The average Bonchev–Trinajstić information content (AvgIpc) is 3.56. The smallest absolute Gasteiger partial charge is 0.264 e. The number of aryl methyl sites for hydroxylation is 1. The number of carbonyl (C=O) groups excluding carboxylic acids is 2. The summed E-state index contributed by atoms with van der Waals surface area (Å²) in [5, 5.41) is 6.65. The van der Waals surface area contributed by atoms with E-state index >= 15 is 0 Å². The van der Waals surface area contributed by atoms with Gasteiger partial charge in [0.1, 0.15) is 18.1 Å². The van der Waals surface area contributed by atoms with Gasteiger partial charge in [0.15, 0.2) is 18.1 Å². The minimum Gasteiger partial charge on any atom is -0.493 e. The fourth-order valence-corrected chi connectivity index (χ4v) is 5.36. The molecule has 4 rings (SSSR count). The molecule has 0 aliphatic heterocycles. The van der Waals surface area contributed by atoms with Crippen molar-refractivity contribution in [2.75, 3.05) is 31.7 Å². The number of sulfonamides is 1. The van der Waals surface area contributed by atoms with Crippen molar-refractivity contribution < 1.29 is 36.6 Å². The molecule has 230 valence electrons. The molecular weight excluding hydrogens is 588 g/mol. The number of methoxy groups -OCH3 is 2. The second-order valence-electron chi connectivity index (χ2n) is 9.37. The van der Waals surface area contributed by atoms with Crippen molar-refractivity contribution in [1.82, 2.24) is 10.7 Å². The largest absolute Gasteiger partial charge is 0.493 e. The quantitative estimate of drug-likeness (QED) is 0.160. The van der Waals surface area contributed by atoms with Crippen LogP contribution in [0, 0.1) is 6.92 Å². The van der Waals surface area contributed by atoms with Gasteiger partial charge in [0.2, 0.25) is 0 Å². The minimum absolute atomic E-state index is 0.0793. The van der Waals surface area contributed by atoms with Gasteiger partial charge in [0, 0.05) is 6.07 Å². The summed E-state index contributed by atoms with van der Waals surface area (Å²) in [7, 11) is -1.34. The summed E-state index contributed by atoms with van der Waals surface area (Å²) in [5.41, 5.74) is 4.24. The molecule has 0 radical (unpaired) electrons. The van der Waals surface area contributed by atoms with Gasteiger partial charge < -0.3 is 23.9 Å². The average molecular weight is 621 g/mol. The maximum absolute atomic E-state index is 13.7. The van der Waals surface area contributed by atoms with E-state index in [1.54, 1.807) is 60.7 Å². The summed E-state index contributed by atoms with van der Waals surface area (Å²) in [6.07, 6.45) is 2.93. The second kappa shape index (κ2) is 14.7. The van der Waals surface area contributed by atoms with Crippen LogP contribution in [0.15, 0.2) is 99.5 Å². The minimum atomic E-state index is -4.19. The van der Waals surface area contributed by atoms with Crippen molar-refractivity contribution in [3.63, 3.8) is 0 Å². The van der Waals surface area contributed by atoms with Crippen molar-refractivity contribution >= 4 is 33.7 Å². The molecule has 0 saturated heterocycles.